The number of aryl methyl sites for hydroxylation is 1. The summed E-state index contributed by atoms with van der Waals surface area (Å²) in [5.74, 6) is -0.430. The van der Waals surface area contributed by atoms with Crippen molar-refractivity contribution in [2.24, 2.45) is 5.92 Å². The smallest absolute Gasteiger partial charge is 0.273 e. The fourth-order valence-electron chi connectivity index (χ4n) is 2.62. The van der Waals surface area contributed by atoms with Gasteiger partial charge in [0.15, 0.2) is 5.69 Å². The molecule has 0 aliphatic rings. The van der Waals surface area contributed by atoms with Crippen LogP contribution in [0.4, 0.5) is 5.69 Å². The second-order valence-corrected chi connectivity index (χ2v) is 7.42. The minimum absolute atomic E-state index is 0.179. The fourth-order valence-corrected chi connectivity index (χ4v) is 2.75. The highest BCUT2D eigenvalue weighted by Gasteiger charge is 2.20. The van der Waals surface area contributed by atoms with Crippen molar-refractivity contribution in [1.29, 1.82) is 0 Å². The van der Waals surface area contributed by atoms with Gasteiger partial charge in [-0.15, -0.1) is 0 Å². The third kappa shape index (κ3) is 5.03. The first-order valence-electron chi connectivity index (χ1n) is 9.35. The first-order chi connectivity index (χ1) is 13.9. The summed E-state index contributed by atoms with van der Waals surface area (Å²) >= 11 is 5.91. The van der Waals surface area contributed by atoms with Gasteiger partial charge in [-0.2, -0.15) is 10.2 Å². The number of carbonyl (C=O) groups is 2. The van der Waals surface area contributed by atoms with Crippen LogP contribution in [0.1, 0.15) is 41.7 Å². The van der Waals surface area contributed by atoms with Gasteiger partial charge in [0.1, 0.15) is 5.69 Å². The molecule has 3 aromatic rings. The van der Waals surface area contributed by atoms with Crippen LogP contribution in [0.25, 0.3) is 11.3 Å². The van der Waals surface area contributed by atoms with Gasteiger partial charge >= 0.3 is 0 Å². The molecule has 2 amide bonds. The van der Waals surface area contributed by atoms with Gasteiger partial charge in [-0.3, -0.25) is 19.4 Å². The quantitative estimate of drug-likeness (QED) is 0.549. The van der Waals surface area contributed by atoms with Gasteiger partial charge in [-0.05, 0) is 31.0 Å². The maximum Gasteiger partial charge on any atom is 0.273 e. The number of hydrogen-bond donors (Lipinski definition) is 3. The summed E-state index contributed by atoms with van der Waals surface area (Å²) in [6, 6.07) is 8.80. The van der Waals surface area contributed by atoms with E-state index in [2.05, 4.69) is 25.9 Å². The summed E-state index contributed by atoms with van der Waals surface area (Å²) in [6.45, 7) is 7.01. The number of nitrogens with one attached hydrogen (secondary N) is 3. The monoisotopic (exact) mass is 414 g/mol. The van der Waals surface area contributed by atoms with E-state index >= 15 is 0 Å². The number of amides is 2. The highest BCUT2D eigenvalue weighted by atomic mass is 35.5. The Morgan fingerprint density at radius 1 is 1.21 bits per heavy atom. The first kappa shape index (κ1) is 20.6. The van der Waals surface area contributed by atoms with E-state index in [0.717, 1.165) is 5.56 Å². The number of nitrogens with zero attached hydrogens (tertiary/aromatic N) is 3. The number of H-pyrrole nitrogens is 1. The van der Waals surface area contributed by atoms with E-state index in [0.29, 0.717) is 35.4 Å². The van der Waals surface area contributed by atoms with Crippen molar-refractivity contribution in [2.45, 2.75) is 27.3 Å². The highest BCUT2D eigenvalue weighted by molar-refractivity contribution is 6.30. The highest BCUT2D eigenvalue weighted by Crippen LogP contribution is 2.21. The molecule has 3 N–H and O–H groups in total. The molecule has 152 valence electrons. The number of benzene rings is 1. The van der Waals surface area contributed by atoms with Gasteiger partial charge in [0.05, 0.1) is 11.4 Å². The van der Waals surface area contributed by atoms with E-state index < -0.39 is 5.91 Å². The Kier molecular flexibility index (Phi) is 6.33. The molecule has 3 rings (SSSR count). The predicted molar refractivity (Wildman–Crippen MR) is 112 cm³/mol. The Morgan fingerprint density at radius 3 is 2.59 bits per heavy atom. The molecule has 0 spiro atoms. The fraction of sp³-hybridized carbons (Fsp3) is 0.300. The van der Waals surface area contributed by atoms with E-state index in [4.69, 9.17) is 11.6 Å². The van der Waals surface area contributed by atoms with Gasteiger partial charge in [0.2, 0.25) is 0 Å². The third-order valence-corrected chi connectivity index (χ3v) is 4.43. The summed E-state index contributed by atoms with van der Waals surface area (Å²) in [7, 11) is 0. The number of anilines is 1. The lowest BCUT2D eigenvalue weighted by Gasteiger charge is -2.07. The number of rotatable bonds is 7. The van der Waals surface area contributed by atoms with Crippen molar-refractivity contribution in [1.82, 2.24) is 25.3 Å². The zero-order valence-electron chi connectivity index (χ0n) is 16.5. The molecule has 1 aromatic carbocycles. The van der Waals surface area contributed by atoms with Crippen molar-refractivity contribution < 1.29 is 9.59 Å². The number of aromatic amines is 1. The van der Waals surface area contributed by atoms with E-state index in [9.17, 15) is 9.59 Å². The molecule has 0 aliphatic carbocycles. The number of aromatic nitrogens is 4. The normalized spacial score (nSPS) is 10.9. The summed E-state index contributed by atoms with van der Waals surface area (Å²) < 4.78 is 1.60. The molecule has 0 unspecified atom stereocenters. The maximum atomic E-state index is 12.7. The standard InChI is InChI=1S/C20H23ClN6O2/c1-4-27-11-17(18(26-27)20(29)22-10-12(2)3)23-19(28)16-9-15(24-25-16)13-5-7-14(21)8-6-13/h5-9,11-12H,4,10H2,1-3H3,(H,22,29)(H,23,28)(H,24,25). The lowest BCUT2D eigenvalue weighted by Crippen LogP contribution is -2.28. The molecule has 0 saturated heterocycles. The van der Waals surface area contributed by atoms with Crippen molar-refractivity contribution in [3.63, 3.8) is 0 Å². The van der Waals surface area contributed by atoms with Crippen LogP contribution in [0.2, 0.25) is 5.02 Å². The lowest BCUT2D eigenvalue weighted by atomic mass is 10.1. The van der Waals surface area contributed by atoms with Crippen LogP contribution in [-0.4, -0.2) is 38.3 Å². The van der Waals surface area contributed by atoms with Crippen LogP contribution in [0.3, 0.4) is 0 Å². The van der Waals surface area contributed by atoms with Gasteiger partial charge in [0, 0.05) is 29.9 Å². The summed E-state index contributed by atoms with van der Waals surface area (Å²) in [6.07, 6.45) is 1.64. The van der Waals surface area contributed by atoms with Crippen LogP contribution >= 0.6 is 11.6 Å². The predicted octanol–water partition coefficient (Wildman–Crippen LogP) is 3.58. The number of hydrogen-bond acceptors (Lipinski definition) is 4. The average molecular weight is 415 g/mol. The van der Waals surface area contributed by atoms with Crippen LogP contribution in [-0.2, 0) is 6.54 Å². The van der Waals surface area contributed by atoms with Crippen molar-refractivity contribution in [2.75, 3.05) is 11.9 Å². The number of carbonyl (C=O) groups excluding carboxylic acids is 2. The molecule has 0 bridgehead atoms. The number of halogens is 1. The molecule has 2 heterocycles. The Morgan fingerprint density at radius 2 is 1.93 bits per heavy atom. The molecule has 8 nitrogen and oxygen atoms in total. The van der Waals surface area contributed by atoms with Gasteiger partial charge in [0.25, 0.3) is 11.8 Å². The molecule has 29 heavy (non-hydrogen) atoms. The maximum absolute atomic E-state index is 12.7. The topological polar surface area (TPSA) is 105 Å². The van der Waals surface area contributed by atoms with E-state index in [1.54, 1.807) is 29.1 Å². The van der Waals surface area contributed by atoms with Crippen molar-refractivity contribution >= 4 is 29.1 Å². The second-order valence-electron chi connectivity index (χ2n) is 6.98. The molecule has 0 radical (unpaired) electrons. The molecule has 0 aliphatic heterocycles. The third-order valence-electron chi connectivity index (χ3n) is 4.18. The molecule has 0 atom stereocenters. The first-order valence-corrected chi connectivity index (χ1v) is 9.73. The molecule has 9 heteroatoms. The van der Waals surface area contributed by atoms with Crippen molar-refractivity contribution in [3.05, 3.63) is 52.9 Å². The molecule has 0 fully saturated rings. The Bertz CT molecular complexity index is 1010. The van der Waals surface area contributed by atoms with Gasteiger partial charge in [-0.1, -0.05) is 37.6 Å². The Hall–Kier alpha value is -3.13. The SMILES string of the molecule is CCn1cc(NC(=O)c2cc(-c3ccc(Cl)cc3)n[nH]2)c(C(=O)NCC(C)C)n1. The largest absolute Gasteiger partial charge is 0.350 e. The summed E-state index contributed by atoms with van der Waals surface area (Å²) in [4.78, 5) is 25.1. The van der Waals surface area contributed by atoms with E-state index in [1.807, 2.05) is 32.9 Å². The second kappa shape index (κ2) is 8.91. The summed E-state index contributed by atoms with van der Waals surface area (Å²) in [5.41, 5.74) is 2.25. The zero-order chi connectivity index (χ0) is 21.0. The Balaban J connectivity index is 1.77. The lowest BCUT2D eigenvalue weighted by molar-refractivity contribution is 0.0944. The van der Waals surface area contributed by atoms with Crippen LogP contribution in [0, 0.1) is 5.92 Å². The Labute approximate surface area is 173 Å². The van der Waals surface area contributed by atoms with Gasteiger partial charge < -0.3 is 10.6 Å². The van der Waals surface area contributed by atoms with Crippen molar-refractivity contribution in [3.8, 4) is 11.3 Å². The molecule has 2 aromatic heterocycles. The zero-order valence-corrected chi connectivity index (χ0v) is 17.2. The molecular formula is C20H23ClN6O2. The molecular weight excluding hydrogens is 392 g/mol. The van der Waals surface area contributed by atoms with Crippen LogP contribution < -0.4 is 10.6 Å². The minimum atomic E-state index is -0.411. The van der Waals surface area contributed by atoms with E-state index in [1.165, 1.54) is 0 Å². The molecule has 0 saturated carbocycles. The van der Waals surface area contributed by atoms with Crippen LogP contribution in [0.15, 0.2) is 36.5 Å². The van der Waals surface area contributed by atoms with Gasteiger partial charge in [-0.25, -0.2) is 0 Å². The summed E-state index contributed by atoms with van der Waals surface area (Å²) in [5, 5.41) is 17.4. The van der Waals surface area contributed by atoms with E-state index in [-0.39, 0.29) is 17.3 Å². The average Bonchev–Trinajstić information content (AvgIpc) is 3.34. The van der Waals surface area contributed by atoms with Crippen LogP contribution in [0.5, 0.6) is 0 Å². The minimum Gasteiger partial charge on any atom is -0.350 e.